The van der Waals surface area contributed by atoms with Crippen LogP contribution in [0.15, 0.2) is 60.7 Å². The van der Waals surface area contributed by atoms with Crippen molar-refractivity contribution in [3.8, 4) is 34.5 Å². The Bertz CT molecular complexity index is 1920. The molecule has 0 aliphatic heterocycles. The molecule has 2 fully saturated rings. The Balaban J connectivity index is 1.36. The second kappa shape index (κ2) is 15.6. The fourth-order valence-electron chi connectivity index (χ4n) is 8.72. The highest BCUT2D eigenvalue weighted by Crippen LogP contribution is 2.50. The van der Waals surface area contributed by atoms with E-state index in [4.69, 9.17) is 9.47 Å². The molecule has 0 radical (unpaired) electrons. The lowest BCUT2D eigenvalue weighted by Crippen LogP contribution is -2.25. The maximum Gasteiger partial charge on any atom is 0.270 e. The normalized spacial score (nSPS) is 16.2. The Morgan fingerprint density at radius 3 is 1.63 bits per heavy atom. The predicted molar refractivity (Wildman–Crippen MR) is 200 cm³/mol. The van der Waals surface area contributed by atoms with Gasteiger partial charge in [0.05, 0.1) is 9.85 Å². The maximum atomic E-state index is 11.5. The summed E-state index contributed by atoms with van der Waals surface area (Å²) in [6.07, 6.45) is 10.6. The van der Waals surface area contributed by atoms with Crippen molar-refractivity contribution in [2.45, 2.75) is 97.8 Å². The zero-order valence-corrected chi connectivity index (χ0v) is 30.4. The van der Waals surface area contributed by atoms with E-state index >= 15 is 0 Å². The third kappa shape index (κ3) is 8.16. The number of benzene rings is 4. The molecular weight excluding hydrogens is 660 g/mol. The molecule has 0 amide bonds. The molecule has 6 rings (SSSR count). The summed E-state index contributed by atoms with van der Waals surface area (Å²) in [5.74, 6) is 3.59. The number of rotatable bonds is 13. The van der Waals surface area contributed by atoms with Crippen LogP contribution in [0.3, 0.4) is 0 Å². The third-order valence-corrected chi connectivity index (χ3v) is 11.2. The molecule has 0 bridgehead atoms. The zero-order chi connectivity index (χ0) is 37.1. The van der Waals surface area contributed by atoms with Gasteiger partial charge in [0, 0.05) is 29.8 Å². The lowest BCUT2D eigenvalue weighted by atomic mass is 9.70. The summed E-state index contributed by atoms with van der Waals surface area (Å²) in [6, 6.07) is 16.6. The van der Waals surface area contributed by atoms with Crippen molar-refractivity contribution >= 4 is 11.4 Å². The quantitative estimate of drug-likeness (QED) is 0.103. The molecule has 0 heterocycles. The molecule has 0 saturated heterocycles. The van der Waals surface area contributed by atoms with Crippen LogP contribution in [-0.2, 0) is 6.42 Å². The molecule has 52 heavy (non-hydrogen) atoms. The first-order valence-electron chi connectivity index (χ1n) is 18.4. The summed E-state index contributed by atoms with van der Waals surface area (Å²) >= 11 is 0. The monoisotopic (exact) mass is 708 g/mol. The van der Waals surface area contributed by atoms with Crippen molar-refractivity contribution in [1.82, 2.24) is 0 Å². The number of aromatic hydroxyl groups is 2. The fraction of sp³-hybridized carbons (Fsp3) is 0.429. The number of nitro benzene ring substituents is 2. The summed E-state index contributed by atoms with van der Waals surface area (Å²) < 4.78 is 12.8. The van der Waals surface area contributed by atoms with E-state index in [9.17, 15) is 30.4 Å². The van der Waals surface area contributed by atoms with Crippen molar-refractivity contribution in [3.63, 3.8) is 0 Å². The summed E-state index contributed by atoms with van der Waals surface area (Å²) in [5, 5.41) is 45.7. The molecule has 2 N–H and O–H groups in total. The van der Waals surface area contributed by atoms with Crippen LogP contribution in [0.25, 0.3) is 0 Å². The molecule has 274 valence electrons. The molecule has 2 unspecified atom stereocenters. The SMILES string of the molecule is Cc1cc([N+](=O)[O-])cc(C)c1Oc1ccc(O)c(CC(C2CCCC2)C(CC2CCCC2)c2cc(Oc3c(C)cc([N+](=O)[O-])cc3C)ccc2O)c1. The minimum absolute atomic E-state index is 0.0113. The number of phenolic OH excluding ortho intramolecular Hbond substituents is 2. The number of hydrogen-bond donors (Lipinski definition) is 2. The predicted octanol–water partition coefficient (Wildman–Crippen LogP) is 11.4. The van der Waals surface area contributed by atoms with E-state index in [1.807, 2.05) is 12.1 Å². The highest BCUT2D eigenvalue weighted by atomic mass is 16.6. The van der Waals surface area contributed by atoms with E-state index in [0.29, 0.717) is 63.5 Å². The number of nitro groups is 2. The van der Waals surface area contributed by atoms with Crippen LogP contribution < -0.4 is 9.47 Å². The Labute approximate surface area is 304 Å². The number of phenols is 2. The second-order valence-electron chi connectivity index (χ2n) is 15.0. The van der Waals surface area contributed by atoms with Crippen molar-refractivity contribution < 1.29 is 29.5 Å². The van der Waals surface area contributed by atoms with E-state index in [1.165, 1.54) is 37.1 Å². The third-order valence-electron chi connectivity index (χ3n) is 11.2. The molecule has 10 nitrogen and oxygen atoms in total. The first-order chi connectivity index (χ1) is 24.9. The van der Waals surface area contributed by atoms with Gasteiger partial charge in [-0.25, -0.2) is 0 Å². The van der Waals surface area contributed by atoms with E-state index in [2.05, 4.69) is 0 Å². The van der Waals surface area contributed by atoms with Crippen molar-refractivity contribution in [1.29, 1.82) is 0 Å². The van der Waals surface area contributed by atoms with E-state index in [0.717, 1.165) is 56.1 Å². The van der Waals surface area contributed by atoms with Crippen molar-refractivity contribution in [2.75, 3.05) is 0 Å². The number of aryl methyl sites for hydroxylation is 4. The summed E-state index contributed by atoms with van der Waals surface area (Å²) in [4.78, 5) is 22.0. The minimum Gasteiger partial charge on any atom is -0.508 e. The number of nitrogens with zero attached hydrogens (tertiary/aromatic N) is 2. The standard InChI is InChI=1S/C42H48N2O8/c1-25-17-32(43(47)48)18-26(2)41(25)51-34-13-15-39(45)31(22-34)23-36(30-11-7-8-12-30)37(21-29-9-5-6-10-29)38-24-35(14-16-40(38)46)52-42-27(3)19-33(44(49)50)20-28(42)4/h13-20,22,24,29-30,36-37,45-46H,5-12,21,23H2,1-4H3. The minimum atomic E-state index is -0.412. The molecule has 2 aliphatic carbocycles. The van der Waals surface area contributed by atoms with Gasteiger partial charge in [0.1, 0.15) is 34.5 Å². The molecular formula is C42H48N2O8. The summed E-state index contributed by atoms with van der Waals surface area (Å²) in [7, 11) is 0. The van der Waals surface area contributed by atoms with Gasteiger partial charge in [0.15, 0.2) is 0 Å². The van der Waals surface area contributed by atoms with Gasteiger partial charge in [0.25, 0.3) is 11.4 Å². The Kier molecular flexibility index (Phi) is 11.0. The first kappa shape index (κ1) is 36.7. The van der Waals surface area contributed by atoms with Gasteiger partial charge in [-0.1, -0.05) is 51.4 Å². The highest BCUT2D eigenvalue weighted by molar-refractivity contribution is 5.53. The molecule has 0 aromatic heterocycles. The van der Waals surface area contributed by atoms with Crippen LogP contribution in [0, 0.1) is 65.7 Å². The van der Waals surface area contributed by atoms with Crippen molar-refractivity contribution in [3.05, 3.63) is 114 Å². The Morgan fingerprint density at radius 2 is 1.13 bits per heavy atom. The van der Waals surface area contributed by atoms with Crippen LogP contribution in [0.4, 0.5) is 11.4 Å². The molecule has 4 aromatic rings. The Hall–Kier alpha value is -5.12. The fourth-order valence-corrected chi connectivity index (χ4v) is 8.72. The smallest absolute Gasteiger partial charge is 0.270 e. The maximum absolute atomic E-state index is 11.5. The largest absolute Gasteiger partial charge is 0.508 e. The number of hydrogen-bond acceptors (Lipinski definition) is 8. The number of ether oxygens (including phenoxy) is 2. The van der Waals surface area contributed by atoms with E-state index < -0.39 is 9.85 Å². The van der Waals surface area contributed by atoms with Gasteiger partial charge in [-0.3, -0.25) is 20.2 Å². The zero-order valence-electron chi connectivity index (χ0n) is 30.4. The van der Waals surface area contributed by atoms with E-state index in [1.54, 1.807) is 52.0 Å². The topological polar surface area (TPSA) is 145 Å². The van der Waals surface area contributed by atoms with Crippen LogP contribution >= 0.6 is 0 Å². The van der Waals surface area contributed by atoms with E-state index in [-0.39, 0.29) is 34.7 Å². The molecule has 4 aromatic carbocycles. The van der Waals surface area contributed by atoms with Gasteiger partial charge < -0.3 is 19.7 Å². The van der Waals surface area contributed by atoms with Crippen LogP contribution in [0.2, 0.25) is 0 Å². The molecule has 2 aliphatic rings. The van der Waals surface area contributed by atoms with Gasteiger partial charge in [-0.2, -0.15) is 0 Å². The molecule has 2 saturated carbocycles. The molecule has 2 atom stereocenters. The average molecular weight is 709 g/mol. The van der Waals surface area contributed by atoms with Crippen molar-refractivity contribution in [2.24, 2.45) is 17.8 Å². The second-order valence-corrected chi connectivity index (χ2v) is 15.0. The van der Waals surface area contributed by atoms with Gasteiger partial charge >= 0.3 is 0 Å². The summed E-state index contributed by atoms with van der Waals surface area (Å²) in [6.45, 7) is 7.17. The Morgan fingerprint density at radius 1 is 0.673 bits per heavy atom. The number of non-ortho nitro benzene ring substituents is 2. The van der Waals surface area contributed by atoms with Gasteiger partial charge in [-0.15, -0.1) is 0 Å². The van der Waals surface area contributed by atoms with Crippen LogP contribution in [0.1, 0.15) is 97.1 Å². The molecule has 0 spiro atoms. The van der Waals surface area contributed by atoms with Gasteiger partial charge in [0.2, 0.25) is 0 Å². The lowest BCUT2D eigenvalue weighted by Gasteiger charge is -2.35. The summed E-state index contributed by atoms with van der Waals surface area (Å²) in [5.41, 5.74) is 4.22. The molecule has 10 heteroatoms. The average Bonchev–Trinajstić information content (AvgIpc) is 3.83. The lowest BCUT2D eigenvalue weighted by molar-refractivity contribution is -0.385. The first-order valence-corrected chi connectivity index (χ1v) is 18.4. The van der Waals surface area contributed by atoms with Crippen LogP contribution in [-0.4, -0.2) is 20.1 Å². The highest BCUT2D eigenvalue weighted by Gasteiger charge is 2.36. The van der Waals surface area contributed by atoms with Crippen LogP contribution in [0.5, 0.6) is 34.5 Å². The van der Waals surface area contributed by atoms with Gasteiger partial charge in [-0.05, 0) is 128 Å².